The maximum atomic E-state index is 5.27. The van der Waals surface area contributed by atoms with E-state index in [1.54, 1.807) is 12.2 Å². The molecule has 0 aliphatic carbocycles. The van der Waals surface area contributed by atoms with Crippen LogP contribution in [0.4, 0.5) is 0 Å². The number of rotatable bonds is 6. The SMILES string of the molecule is [CH-]=CCCCC=[C-]/C=C(/C)C=[CH-].[Li+]. The molecule has 0 atom stereocenters. The summed E-state index contributed by atoms with van der Waals surface area (Å²) in [7, 11) is 0. The van der Waals surface area contributed by atoms with Crippen LogP contribution in [0, 0.1) is 19.2 Å². The first kappa shape index (κ1) is 15.0. The van der Waals surface area contributed by atoms with Crippen LogP contribution < -0.4 is 18.9 Å². The predicted molar refractivity (Wildman–Crippen MR) is 53.2 cm³/mol. The summed E-state index contributed by atoms with van der Waals surface area (Å²) in [6, 6.07) is 0. The maximum Gasteiger partial charge on any atom is 1.00 e. The van der Waals surface area contributed by atoms with E-state index in [4.69, 9.17) is 13.2 Å². The van der Waals surface area contributed by atoms with Gasteiger partial charge < -0.3 is 6.58 Å². The van der Waals surface area contributed by atoms with E-state index in [2.05, 4.69) is 6.08 Å². The van der Waals surface area contributed by atoms with Crippen LogP contribution in [-0.4, -0.2) is 0 Å². The van der Waals surface area contributed by atoms with Crippen molar-refractivity contribution in [3.8, 4) is 0 Å². The van der Waals surface area contributed by atoms with E-state index in [1.165, 1.54) is 0 Å². The average molecular weight is 166 g/mol. The summed E-state index contributed by atoms with van der Waals surface area (Å²) in [5.41, 5.74) is 1.02. The molecule has 13 heavy (non-hydrogen) atoms. The number of hydrogen-bond donors (Lipinski definition) is 0. The minimum atomic E-state index is 0. The van der Waals surface area contributed by atoms with Crippen molar-refractivity contribution >= 4 is 0 Å². The molecule has 0 aromatic heterocycles. The van der Waals surface area contributed by atoms with Gasteiger partial charge in [-0.1, -0.05) is 19.3 Å². The van der Waals surface area contributed by atoms with Gasteiger partial charge in [-0.2, -0.15) is 6.08 Å². The molecule has 0 aromatic carbocycles. The van der Waals surface area contributed by atoms with Gasteiger partial charge in [0.1, 0.15) is 0 Å². The molecule has 0 rings (SSSR count). The van der Waals surface area contributed by atoms with Gasteiger partial charge >= 0.3 is 18.9 Å². The third-order valence-electron chi connectivity index (χ3n) is 1.41. The van der Waals surface area contributed by atoms with Crippen LogP contribution in [0.1, 0.15) is 26.2 Å². The number of allylic oxidation sites excluding steroid dienone is 6. The molecule has 0 radical (unpaired) electrons. The zero-order valence-electron chi connectivity index (χ0n) is 8.59. The van der Waals surface area contributed by atoms with Gasteiger partial charge in [-0.05, 0) is 0 Å². The van der Waals surface area contributed by atoms with Crippen LogP contribution in [0.25, 0.3) is 0 Å². The molecule has 1 heteroatoms. The normalized spacial score (nSPS) is 11.0. The summed E-state index contributed by atoms with van der Waals surface area (Å²) in [5.74, 6) is 0. The Balaban J connectivity index is 0. The van der Waals surface area contributed by atoms with Crippen LogP contribution in [0.15, 0.2) is 29.9 Å². The Morgan fingerprint density at radius 3 is 2.54 bits per heavy atom. The van der Waals surface area contributed by atoms with E-state index in [9.17, 15) is 0 Å². The van der Waals surface area contributed by atoms with Crippen molar-refractivity contribution < 1.29 is 18.9 Å². The Morgan fingerprint density at radius 2 is 2.00 bits per heavy atom. The van der Waals surface area contributed by atoms with Crippen LogP contribution >= 0.6 is 0 Å². The van der Waals surface area contributed by atoms with Crippen molar-refractivity contribution in [2.75, 3.05) is 0 Å². The molecular weight excluding hydrogens is 151 g/mol. The van der Waals surface area contributed by atoms with Crippen molar-refractivity contribution in [2.45, 2.75) is 26.2 Å². The predicted octanol–water partition coefficient (Wildman–Crippen LogP) is 0.445. The second-order valence-corrected chi connectivity index (χ2v) is 2.59. The van der Waals surface area contributed by atoms with Gasteiger partial charge in [0.05, 0.1) is 0 Å². The van der Waals surface area contributed by atoms with Crippen LogP contribution in [0.3, 0.4) is 0 Å². The van der Waals surface area contributed by atoms with Gasteiger partial charge in [-0.15, -0.1) is 6.92 Å². The number of hydrogen-bond acceptors (Lipinski definition) is 0. The Morgan fingerprint density at radius 1 is 1.31 bits per heavy atom. The second-order valence-electron chi connectivity index (χ2n) is 2.59. The summed E-state index contributed by atoms with van der Waals surface area (Å²) in [5, 5.41) is 0. The molecule has 0 unspecified atom stereocenters. The van der Waals surface area contributed by atoms with Crippen molar-refractivity contribution in [3.63, 3.8) is 0 Å². The first-order chi connectivity index (χ1) is 5.81. The van der Waals surface area contributed by atoms with Crippen LogP contribution in [0.2, 0.25) is 0 Å². The molecule has 0 heterocycles. The van der Waals surface area contributed by atoms with E-state index in [1.807, 2.05) is 19.1 Å². The van der Waals surface area contributed by atoms with Crippen LogP contribution in [-0.2, 0) is 0 Å². The van der Waals surface area contributed by atoms with Crippen molar-refractivity contribution in [1.29, 1.82) is 0 Å². The fourth-order valence-corrected chi connectivity index (χ4v) is 0.660. The zero-order valence-corrected chi connectivity index (χ0v) is 8.59. The van der Waals surface area contributed by atoms with Crippen molar-refractivity contribution in [3.05, 3.63) is 49.1 Å². The molecule has 0 aromatic rings. The number of unbranched alkanes of at least 4 members (excludes halogenated alkanes) is 2. The van der Waals surface area contributed by atoms with E-state index < -0.39 is 0 Å². The van der Waals surface area contributed by atoms with Gasteiger partial charge in [-0.3, -0.25) is 18.7 Å². The van der Waals surface area contributed by atoms with Gasteiger partial charge in [-0.25, -0.2) is 17.7 Å². The minimum Gasteiger partial charge on any atom is -0.518 e. The Hall–Kier alpha value is -0.443. The first-order valence-electron chi connectivity index (χ1n) is 4.14. The standard InChI is InChI=1S/C12H15.Li/c1-4-6-7-8-9-10-11-12(3)5-2;/h1-2,4-5,9,11H,6-8H2,3H3;/q-3;+1/b12-11-;. The Bertz CT molecular complexity index is 187. The van der Waals surface area contributed by atoms with Gasteiger partial charge in [0.15, 0.2) is 0 Å². The molecule has 0 spiro atoms. The second kappa shape index (κ2) is 11.6. The quantitative estimate of drug-likeness (QED) is 0.232. The molecule has 0 bridgehead atoms. The fraction of sp³-hybridized carbons (Fsp3) is 0.333. The molecule has 0 fully saturated rings. The van der Waals surface area contributed by atoms with Crippen LogP contribution in [0.5, 0.6) is 0 Å². The first-order valence-corrected chi connectivity index (χ1v) is 4.14. The van der Waals surface area contributed by atoms with Gasteiger partial charge in [0, 0.05) is 0 Å². The molecule has 0 saturated carbocycles. The zero-order chi connectivity index (χ0) is 9.23. The van der Waals surface area contributed by atoms with Crippen molar-refractivity contribution in [2.24, 2.45) is 0 Å². The van der Waals surface area contributed by atoms with Gasteiger partial charge in [0.2, 0.25) is 0 Å². The smallest absolute Gasteiger partial charge is 0.518 e. The molecule has 0 nitrogen and oxygen atoms in total. The summed E-state index contributed by atoms with van der Waals surface area (Å²) in [6.07, 6.45) is 13.2. The van der Waals surface area contributed by atoms with E-state index in [0.717, 1.165) is 24.8 Å². The summed E-state index contributed by atoms with van der Waals surface area (Å²) in [6.45, 7) is 12.4. The Labute approximate surface area is 94.3 Å². The summed E-state index contributed by atoms with van der Waals surface area (Å²) in [4.78, 5) is 0. The monoisotopic (exact) mass is 166 g/mol. The Kier molecular flexibility index (Phi) is 13.4. The van der Waals surface area contributed by atoms with E-state index >= 15 is 0 Å². The molecular formula is C12H15Li-2. The summed E-state index contributed by atoms with van der Waals surface area (Å²) < 4.78 is 0. The average Bonchev–Trinajstić information content (AvgIpc) is 2.10. The third kappa shape index (κ3) is 11.6. The minimum absolute atomic E-state index is 0. The van der Waals surface area contributed by atoms with Crippen molar-refractivity contribution in [1.82, 2.24) is 0 Å². The maximum absolute atomic E-state index is 5.27. The molecule has 0 amide bonds. The summed E-state index contributed by atoms with van der Waals surface area (Å²) >= 11 is 0. The molecule has 0 N–H and O–H groups in total. The molecule has 0 saturated heterocycles. The van der Waals surface area contributed by atoms with E-state index in [-0.39, 0.29) is 18.9 Å². The molecule has 0 aliphatic rings. The third-order valence-corrected chi connectivity index (χ3v) is 1.41. The largest absolute Gasteiger partial charge is 1.00 e. The van der Waals surface area contributed by atoms with E-state index in [0.29, 0.717) is 0 Å². The molecule has 66 valence electrons. The van der Waals surface area contributed by atoms with Gasteiger partial charge in [0.25, 0.3) is 0 Å². The molecule has 0 aliphatic heterocycles. The topological polar surface area (TPSA) is 0 Å². The fourth-order valence-electron chi connectivity index (χ4n) is 0.660.